The van der Waals surface area contributed by atoms with Gasteiger partial charge in [-0.1, -0.05) is 0 Å². The van der Waals surface area contributed by atoms with E-state index in [4.69, 9.17) is 0 Å². The van der Waals surface area contributed by atoms with Crippen molar-refractivity contribution in [3.63, 3.8) is 0 Å². The van der Waals surface area contributed by atoms with E-state index in [0.29, 0.717) is 0 Å². The van der Waals surface area contributed by atoms with Gasteiger partial charge in [-0.3, -0.25) is 4.79 Å². The highest BCUT2D eigenvalue weighted by Crippen LogP contribution is 2.50. The summed E-state index contributed by atoms with van der Waals surface area (Å²) in [5.41, 5.74) is 0. The van der Waals surface area contributed by atoms with Gasteiger partial charge in [0.15, 0.2) is 11.5 Å². The summed E-state index contributed by atoms with van der Waals surface area (Å²) in [5, 5.41) is 0. The van der Waals surface area contributed by atoms with Crippen molar-refractivity contribution in [1.29, 1.82) is 0 Å². The molecule has 0 spiro atoms. The van der Waals surface area contributed by atoms with Gasteiger partial charge in [-0.05, 0) is 26.6 Å². The minimum atomic E-state index is -6.48. The lowest BCUT2D eigenvalue weighted by Crippen LogP contribution is -2.54. The molecular formula is C10H13F7O2Si. The van der Waals surface area contributed by atoms with E-state index in [0.717, 1.165) is 6.92 Å². The van der Waals surface area contributed by atoms with Crippen molar-refractivity contribution in [3.8, 4) is 0 Å². The van der Waals surface area contributed by atoms with Gasteiger partial charge in [-0.15, -0.1) is 0 Å². The number of carbonyl (C=O) groups excluding carboxylic acids is 1. The highest BCUT2D eigenvalue weighted by Gasteiger charge is 2.75. The van der Waals surface area contributed by atoms with E-state index >= 15 is 0 Å². The Morgan fingerprint density at radius 2 is 1.40 bits per heavy atom. The standard InChI is InChI=1S/C10H13F7O2Si/c1-6(18)5-7(19-20(2,3)4)8(11,12)9(13,14)10(15,16)17/h5H,1-4H3/b7-5-. The largest absolute Gasteiger partial charge is 0.543 e. The average molecular weight is 326 g/mol. The minimum absolute atomic E-state index is 0.0438. The maximum absolute atomic E-state index is 13.5. The topological polar surface area (TPSA) is 26.3 Å². The number of hydrogen-bond acceptors (Lipinski definition) is 2. The Bertz CT molecular complexity index is 407. The van der Waals surface area contributed by atoms with Gasteiger partial charge in [-0.2, -0.15) is 30.7 Å². The molecule has 20 heavy (non-hydrogen) atoms. The number of halogens is 7. The van der Waals surface area contributed by atoms with Crippen molar-refractivity contribution < 1.29 is 40.0 Å². The molecule has 0 fully saturated rings. The third kappa shape index (κ3) is 4.22. The van der Waals surface area contributed by atoms with Crippen LogP contribution in [0.2, 0.25) is 19.6 Å². The number of carbonyl (C=O) groups is 1. The van der Waals surface area contributed by atoms with E-state index in [2.05, 4.69) is 4.43 Å². The summed E-state index contributed by atoms with van der Waals surface area (Å²) in [6.07, 6.45) is -6.52. The summed E-state index contributed by atoms with van der Waals surface area (Å²) in [4.78, 5) is 10.8. The van der Waals surface area contributed by atoms with Crippen LogP contribution in [0, 0.1) is 0 Å². The summed E-state index contributed by atoms with van der Waals surface area (Å²) >= 11 is 0. The van der Waals surface area contributed by atoms with Crippen molar-refractivity contribution in [2.24, 2.45) is 0 Å². The molecule has 0 N–H and O–H groups in total. The first kappa shape index (κ1) is 18.9. The average Bonchev–Trinajstić information content (AvgIpc) is 2.11. The number of rotatable bonds is 5. The molecule has 0 atom stereocenters. The molecule has 2 nitrogen and oxygen atoms in total. The first-order chi connectivity index (χ1) is 8.52. The summed E-state index contributed by atoms with van der Waals surface area (Å²) < 4.78 is 93.5. The van der Waals surface area contributed by atoms with E-state index in [1.165, 1.54) is 19.6 Å². The Labute approximate surface area is 111 Å². The quantitative estimate of drug-likeness (QED) is 0.328. The highest BCUT2D eigenvalue weighted by molar-refractivity contribution is 6.70. The van der Waals surface area contributed by atoms with Gasteiger partial charge in [0.05, 0.1) is 0 Å². The van der Waals surface area contributed by atoms with Gasteiger partial charge in [0.25, 0.3) is 0 Å². The van der Waals surface area contributed by atoms with Crippen LogP contribution in [0.3, 0.4) is 0 Å². The van der Waals surface area contributed by atoms with Gasteiger partial charge < -0.3 is 4.43 Å². The SMILES string of the molecule is CC(=O)/C=C(\O[Si](C)(C)C)C(F)(F)C(F)(F)C(F)(F)F. The van der Waals surface area contributed by atoms with E-state index < -0.39 is 37.9 Å². The lowest BCUT2D eigenvalue weighted by molar-refractivity contribution is -0.349. The molecule has 0 unspecified atom stereocenters. The Hall–Kier alpha value is -1.06. The molecule has 118 valence electrons. The molecule has 10 heteroatoms. The fourth-order valence-corrected chi connectivity index (χ4v) is 1.88. The highest BCUT2D eigenvalue weighted by atomic mass is 28.4. The smallest absolute Gasteiger partial charge is 0.460 e. The molecule has 0 aromatic carbocycles. The number of alkyl halides is 7. The molecule has 0 aromatic rings. The molecule has 0 saturated carbocycles. The zero-order chi connectivity index (χ0) is 16.6. The molecule has 0 heterocycles. The number of hydrogen-bond donors (Lipinski definition) is 0. The first-order valence-corrected chi connectivity index (χ1v) is 8.67. The molecule has 0 aliphatic carbocycles. The van der Waals surface area contributed by atoms with Gasteiger partial charge in [0.1, 0.15) is 0 Å². The summed E-state index contributed by atoms with van der Waals surface area (Å²) in [6.45, 7) is 4.61. The lowest BCUT2D eigenvalue weighted by Gasteiger charge is -2.32. The Morgan fingerprint density at radius 1 is 1.00 bits per heavy atom. The number of ketones is 1. The minimum Gasteiger partial charge on any atom is -0.543 e. The van der Waals surface area contributed by atoms with Crippen LogP contribution in [0.4, 0.5) is 30.7 Å². The van der Waals surface area contributed by atoms with Crippen LogP contribution in [-0.4, -0.2) is 32.1 Å². The third-order valence-corrected chi connectivity index (χ3v) is 2.64. The van der Waals surface area contributed by atoms with Crippen molar-refractivity contribution in [1.82, 2.24) is 0 Å². The Morgan fingerprint density at radius 3 is 1.65 bits per heavy atom. The van der Waals surface area contributed by atoms with Crippen LogP contribution in [0.5, 0.6) is 0 Å². The first-order valence-electron chi connectivity index (χ1n) is 5.26. The fraction of sp³-hybridized carbons (Fsp3) is 0.700. The predicted molar refractivity (Wildman–Crippen MR) is 59.1 cm³/mol. The van der Waals surface area contributed by atoms with E-state index in [-0.39, 0.29) is 6.08 Å². The third-order valence-electron chi connectivity index (χ3n) is 1.81. The maximum atomic E-state index is 13.5. The van der Waals surface area contributed by atoms with Crippen LogP contribution in [0.15, 0.2) is 11.8 Å². The van der Waals surface area contributed by atoms with Crippen molar-refractivity contribution in [2.75, 3.05) is 0 Å². The van der Waals surface area contributed by atoms with Crippen molar-refractivity contribution >= 4 is 14.1 Å². The van der Waals surface area contributed by atoms with Gasteiger partial charge in [0, 0.05) is 6.08 Å². The molecule has 0 radical (unpaired) electrons. The molecular weight excluding hydrogens is 313 g/mol. The number of allylic oxidation sites excluding steroid dienone is 2. The molecule has 0 rings (SSSR count). The second kappa shape index (κ2) is 5.38. The normalized spacial score (nSPS) is 15.2. The zero-order valence-corrected chi connectivity index (χ0v) is 12.0. The van der Waals surface area contributed by atoms with Gasteiger partial charge in [-0.25, -0.2) is 0 Å². The molecule has 0 aromatic heterocycles. The van der Waals surface area contributed by atoms with Crippen LogP contribution in [-0.2, 0) is 9.22 Å². The molecule has 0 saturated heterocycles. The Balaban J connectivity index is 5.86. The van der Waals surface area contributed by atoms with Crippen LogP contribution < -0.4 is 0 Å². The van der Waals surface area contributed by atoms with E-state index in [1.807, 2.05) is 0 Å². The second-order valence-corrected chi connectivity index (χ2v) is 9.41. The molecule has 0 bridgehead atoms. The van der Waals surface area contributed by atoms with E-state index in [9.17, 15) is 35.5 Å². The summed E-state index contributed by atoms with van der Waals surface area (Å²) in [6, 6.07) is 0. The Kier molecular flexibility index (Phi) is 5.09. The maximum Gasteiger partial charge on any atom is 0.460 e. The summed E-state index contributed by atoms with van der Waals surface area (Å²) in [5.74, 6) is -15.1. The van der Waals surface area contributed by atoms with Crippen LogP contribution in [0.25, 0.3) is 0 Å². The van der Waals surface area contributed by atoms with E-state index in [1.54, 1.807) is 0 Å². The zero-order valence-electron chi connectivity index (χ0n) is 11.0. The molecule has 0 amide bonds. The van der Waals surface area contributed by atoms with Gasteiger partial charge >= 0.3 is 18.0 Å². The predicted octanol–water partition coefficient (Wildman–Crippen LogP) is 4.14. The van der Waals surface area contributed by atoms with Gasteiger partial charge in [0.2, 0.25) is 8.32 Å². The van der Waals surface area contributed by atoms with Crippen molar-refractivity contribution in [3.05, 3.63) is 11.8 Å². The molecule has 0 aliphatic heterocycles. The summed E-state index contributed by atoms with van der Waals surface area (Å²) in [7, 11) is -2.94. The lowest BCUT2D eigenvalue weighted by atomic mass is 10.1. The van der Waals surface area contributed by atoms with Crippen LogP contribution >= 0.6 is 0 Å². The monoisotopic (exact) mass is 326 g/mol. The van der Waals surface area contributed by atoms with Crippen molar-refractivity contribution in [2.45, 2.75) is 44.6 Å². The second-order valence-electron chi connectivity index (χ2n) is 4.98. The van der Waals surface area contributed by atoms with Crippen LogP contribution in [0.1, 0.15) is 6.92 Å². The fourth-order valence-electron chi connectivity index (χ4n) is 1.03. The molecule has 0 aliphatic rings.